The summed E-state index contributed by atoms with van der Waals surface area (Å²) in [6.45, 7) is -0.146. The Morgan fingerprint density at radius 3 is 2.67 bits per heavy atom. The molecule has 2 aromatic rings. The van der Waals surface area contributed by atoms with Crippen LogP contribution in [0.25, 0.3) is 0 Å². The Kier molecular flexibility index (Phi) is 5.33. The Morgan fingerprint density at radius 2 is 1.95 bits per heavy atom. The number of ether oxygens (including phenoxy) is 2. The van der Waals surface area contributed by atoms with Crippen molar-refractivity contribution in [3.05, 3.63) is 58.3 Å². The molecule has 0 amide bonds. The smallest absolute Gasteiger partial charge is 0.175 e. The first-order valence-corrected chi connectivity index (χ1v) is 7.11. The second-order valence-electron chi connectivity index (χ2n) is 4.37. The van der Waals surface area contributed by atoms with Crippen molar-refractivity contribution in [2.75, 3.05) is 13.7 Å². The molecule has 0 N–H and O–H groups in total. The van der Waals surface area contributed by atoms with E-state index in [1.165, 1.54) is 13.2 Å². The van der Waals surface area contributed by atoms with E-state index in [4.69, 9.17) is 9.47 Å². The number of methoxy groups -OCH3 is 1. The van der Waals surface area contributed by atoms with Gasteiger partial charge < -0.3 is 9.47 Å². The normalized spacial score (nSPS) is 10.2. The Bertz CT molecular complexity index is 643. The molecule has 0 aliphatic carbocycles. The van der Waals surface area contributed by atoms with Crippen LogP contribution in [0.3, 0.4) is 0 Å². The molecule has 0 radical (unpaired) electrons. The van der Waals surface area contributed by atoms with Crippen LogP contribution in [0.5, 0.6) is 11.5 Å². The highest BCUT2D eigenvalue weighted by Crippen LogP contribution is 2.34. The van der Waals surface area contributed by atoms with E-state index in [0.29, 0.717) is 21.5 Å². The Morgan fingerprint density at radius 1 is 1.19 bits per heavy atom. The van der Waals surface area contributed by atoms with Gasteiger partial charge in [-0.3, -0.25) is 4.79 Å². The van der Waals surface area contributed by atoms with Crippen LogP contribution in [0.15, 0.2) is 46.9 Å². The fraction of sp³-hybridized carbons (Fsp3) is 0.188. The molecule has 0 saturated heterocycles. The van der Waals surface area contributed by atoms with Crippen LogP contribution in [0.1, 0.15) is 5.56 Å². The molecule has 0 aromatic heterocycles. The fourth-order valence-corrected chi connectivity index (χ4v) is 2.31. The van der Waals surface area contributed by atoms with Gasteiger partial charge >= 0.3 is 0 Å². The maximum absolute atomic E-state index is 13.5. The molecule has 0 atom stereocenters. The summed E-state index contributed by atoms with van der Waals surface area (Å²) in [5.41, 5.74) is 0.366. The van der Waals surface area contributed by atoms with Crippen molar-refractivity contribution in [3.63, 3.8) is 0 Å². The van der Waals surface area contributed by atoms with Gasteiger partial charge in [-0.25, -0.2) is 4.39 Å². The van der Waals surface area contributed by atoms with Crippen LogP contribution in [0, 0.1) is 5.82 Å². The van der Waals surface area contributed by atoms with Gasteiger partial charge in [0.1, 0.15) is 12.4 Å². The van der Waals surface area contributed by atoms with Gasteiger partial charge in [0.05, 0.1) is 11.6 Å². The summed E-state index contributed by atoms with van der Waals surface area (Å²) >= 11 is 3.34. The third-order valence-corrected chi connectivity index (χ3v) is 3.50. The zero-order valence-electron chi connectivity index (χ0n) is 11.4. The van der Waals surface area contributed by atoms with Crippen LogP contribution in [0.2, 0.25) is 0 Å². The Balaban J connectivity index is 2.01. The number of ketones is 1. The molecule has 0 spiro atoms. The standard InChI is InChI=1S/C16H14BrFO3/c1-20-15-8-4-6-13(17)16(15)21-10-12(19)9-11-5-2-3-7-14(11)18/h2-8H,9-10H2,1H3. The van der Waals surface area contributed by atoms with Crippen molar-refractivity contribution in [1.29, 1.82) is 0 Å². The van der Waals surface area contributed by atoms with Crippen molar-refractivity contribution in [2.45, 2.75) is 6.42 Å². The van der Waals surface area contributed by atoms with E-state index in [9.17, 15) is 9.18 Å². The largest absolute Gasteiger partial charge is 0.493 e. The quantitative estimate of drug-likeness (QED) is 0.793. The zero-order valence-corrected chi connectivity index (χ0v) is 13.0. The molecule has 3 nitrogen and oxygen atoms in total. The van der Waals surface area contributed by atoms with E-state index in [2.05, 4.69) is 15.9 Å². The maximum Gasteiger partial charge on any atom is 0.175 e. The highest BCUT2D eigenvalue weighted by Gasteiger charge is 2.12. The third-order valence-electron chi connectivity index (χ3n) is 2.87. The van der Waals surface area contributed by atoms with Gasteiger partial charge in [-0.2, -0.15) is 0 Å². The summed E-state index contributed by atoms with van der Waals surface area (Å²) in [4.78, 5) is 11.9. The SMILES string of the molecule is COc1cccc(Br)c1OCC(=O)Cc1ccccc1F. The Hall–Kier alpha value is -1.88. The number of para-hydroxylation sites is 1. The fourth-order valence-electron chi connectivity index (χ4n) is 1.85. The van der Waals surface area contributed by atoms with Crippen LogP contribution in [-0.2, 0) is 11.2 Å². The van der Waals surface area contributed by atoms with Crippen molar-refractivity contribution >= 4 is 21.7 Å². The average Bonchev–Trinajstić information content (AvgIpc) is 2.48. The summed E-state index contributed by atoms with van der Waals surface area (Å²) in [6.07, 6.45) is -0.000554. The summed E-state index contributed by atoms with van der Waals surface area (Å²) in [7, 11) is 1.52. The lowest BCUT2D eigenvalue weighted by atomic mass is 10.1. The molecular formula is C16H14BrFO3. The molecule has 0 unspecified atom stereocenters. The van der Waals surface area contributed by atoms with Gasteiger partial charge in [0.2, 0.25) is 0 Å². The lowest BCUT2D eigenvalue weighted by Crippen LogP contribution is -2.15. The first-order valence-electron chi connectivity index (χ1n) is 6.32. The summed E-state index contributed by atoms with van der Waals surface area (Å²) in [5, 5.41) is 0. The summed E-state index contributed by atoms with van der Waals surface area (Å²) in [6, 6.07) is 11.5. The third kappa shape index (κ3) is 4.04. The molecule has 2 aromatic carbocycles. The van der Waals surface area contributed by atoms with E-state index in [-0.39, 0.29) is 24.6 Å². The molecule has 0 aliphatic rings. The van der Waals surface area contributed by atoms with E-state index in [0.717, 1.165) is 0 Å². The van der Waals surface area contributed by atoms with Gasteiger partial charge in [-0.05, 0) is 39.7 Å². The number of carbonyl (C=O) groups excluding carboxylic acids is 1. The van der Waals surface area contributed by atoms with Gasteiger partial charge in [0.25, 0.3) is 0 Å². The minimum Gasteiger partial charge on any atom is -0.493 e. The highest BCUT2D eigenvalue weighted by molar-refractivity contribution is 9.10. The van der Waals surface area contributed by atoms with E-state index >= 15 is 0 Å². The van der Waals surface area contributed by atoms with Gasteiger partial charge in [0, 0.05) is 6.42 Å². The molecule has 0 fully saturated rings. The zero-order chi connectivity index (χ0) is 15.2. The van der Waals surface area contributed by atoms with Crippen molar-refractivity contribution < 1.29 is 18.7 Å². The minimum absolute atomic E-state index is 0.000554. The van der Waals surface area contributed by atoms with E-state index < -0.39 is 0 Å². The van der Waals surface area contributed by atoms with Gasteiger partial charge in [-0.15, -0.1) is 0 Å². The van der Waals surface area contributed by atoms with Crippen LogP contribution in [-0.4, -0.2) is 19.5 Å². The van der Waals surface area contributed by atoms with Crippen LogP contribution >= 0.6 is 15.9 Å². The van der Waals surface area contributed by atoms with E-state index in [1.54, 1.807) is 36.4 Å². The number of hydrogen-bond donors (Lipinski definition) is 0. The van der Waals surface area contributed by atoms with Crippen LogP contribution in [0.4, 0.5) is 4.39 Å². The first kappa shape index (κ1) is 15.5. The monoisotopic (exact) mass is 352 g/mol. The summed E-state index contributed by atoms with van der Waals surface area (Å²) in [5.74, 6) is 0.396. The topological polar surface area (TPSA) is 35.5 Å². The lowest BCUT2D eigenvalue weighted by molar-refractivity contribution is -0.120. The van der Waals surface area contributed by atoms with Crippen LogP contribution < -0.4 is 9.47 Å². The number of hydrogen-bond acceptors (Lipinski definition) is 3. The average molecular weight is 353 g/mol. The molecule has 0 aliphatic heterocycles. The Labute approximate surface area is 130 Å². The molecule has 110 valence electrons. The predicted molar refractivity (Wildman–Crippen MR) is 81.3 cm³/mol. The number of halogens is 2. The second-order valence-corrected chi connectivity index (χ2v) is 5.22. The predicted octanol–water partition coefficient (Wildman–Crippen LogP) is 3.79. The second kappa shape index (κ2) is 7.22. The minimum atomic E-state index is -0.385. The number of benzene rings is 2. The van der Waals surface area contributed by atoms with Gasteiger partial charge in [-0.1, -0.05) is 24.3 Å². The molecule has 2 rings (SSSR count). The first-order chi connectivity index (χ1) is 10.1. The maximum atomic E-state index is 13.5. The molecule has 21 heavy (non-hydrogen) atoms. The number of carbonyl (C=O) groups is 1. The van der Waals surface area contributed by atoms with Crippen molar-refractivity contribution in [2.24, 2.45) is 0 Å². The number of rotatable bonds is 6. The molecular weight excluding hydrogens is 339 g/mol. The highest BCUT2D eigenvalue weighted by atomic mass is 79.9. The summed E-state index contributed by atoms with van der Waals surface area (Å²) < 4.78 is 24.8. The van der Waals surface area contributed by atoms with Crippen molar-refractivity contribution in [3.8, 4) is 11.5 Å². The molecule has 5 heteroatoms. The molecule has 0 bridgehead atoms. The number of Topliss-reactive ketones (excluding diaryl/α,β-unsaturated/α-hetero) is 1. The lowest BCUT2D eigenvalue weighted by Gasteiger charge is -2.11. The molecule has 0 saturated carbocycles. The van der Waals surface area contributed by atoms with Gasteiger partial charge in [0.15, 0.2) is 17.3 Å². The van der Waals surface area contributed by atoms with Crippen molar-refractivity contribution in [1.82, 2.24) is 0 Å². The van der Waals surface area contributed by atoms with E-state index in [1.807, 2.05) is 0 Å². The molecule has 0 heterocycles.